The van der Waals surface area contributed by atoms with Gasteiger partial charge in [-0.15, -0.1) is 20.5 Å². The summed E-state index contributed by atoms with van der Waals surface area (Å²) in [7, 11) is -2.99. The molecule has 0 atom stereocenters. The van der Waals surface area contributed by atoms with Crippen LogP contribution in [-0.2, 0) is 10.1 Å². The zero-order chi connectivity index (χ0) is 32.3. The highest BCUT2D eigenvalue weighted by molar-refractivity contribution is 7.86. The molecule has 0 aliphatic carbocycles. The van der Waals surface area contributed by atoms with Gasteiger partial charge >= 0.3 is 0 Å². The van der Waals surface area contributed by atoms with Crippen molar-refractivity contribution >= 4 is 71.5 Å². The molecular weight excluding hydrogens is 606 g/mol. The van der Waals surface area contributed by atoms with Crippen LogP contribution >= 0.6 is 0 Å². The Morgan fingerprint density at radius 1 is 0.609 bits per heavy atom. The molecule has 0 spiro atoms. The second kappa shape index (κ2) is 12.5. The van der Waals surface area contributed by atoms with E-state index in [1.165, 1.54) is 18.2 Å². The number of hydrogen-bond donors (Lipinski definition) is 3. The summed E-state index contributed by atoms with van der Waals surface area (Å²) in [6.07, 6.45) is 0. The molecular formula is C33H25N7O5S. The van der Waals surface area contributed by atoms with Crippen LogP contribution in [0.25, 0.3) is 21.5 Å². The van der Waals surface area contributed by atoms with E-state index in [2.05, 4.69) is 30.7 Å². The fourth-order valence-electron chi connectivity index (χ4n) is 4.72. The fraction of sp³-hybridized carbons (Fsp3) is 0.0303. The van der Waals surface area contributed by atoms with Gasteiger partial charge in [0.2, 0.25) is 0 Å². The quantitative estimate of drug-likeness (QED) is 0.0852. The van der Waals surface area contributed by atoms with E-state index in [9.17, 15) is 18.1 Å². The van der Waals surface area contributed by atoms with Gasteiger partial charge in [0.1, 0.15) is 22.0 Å². The number of anilines is 1. The van der Waals surface area contributed by atoms with Crippen LogP contribution in [0, 0.1) is 0 Å². The molecule has 0 saturated heterocycles. The van der Waals surface area contributed by atoms with E-state index in [1.54, 1.807) is 43.5 Å². The van der Waals surface area contributed by atoms with Crippen molar-refractivity contribution in [3.63, 3.8) is 0 Å². The van der Waals surface area contributed by atoms with Gasteiger partial charge in [-0.3, -0.25) is 4.55 Å². The topological polar surface area (TPSA) is 184 Å². The summed E-state index contributed by atoms with van der Waals surface area (Å²) in [5.41, 5.74) is 8.68. The van der Waals surface area contributed by atoms with E-state index in [4.69, 9.17) is 10.5 Å². The number of fused-ring (bicyclic) bond motifs is 2. The number of nitrogens with two attached hydrogens (primary N) is 1. The van der Waals surface area contributed by atoms with E-state index >= 15 is 0 Å². The maximum absolute atomic E-state index is 11.6. The highest BCUT2D eigenvalue weighted by Crippen LogP contribution is 2.40. The lowest BCUT2D eigenvalue weighted by Crippen LogP contribution is -2.03. The van der Waals surface area contributed by atoms with Crippen LogP contribution in [0.2, 0.25) is 0 Å². The van der Waals surface area contributed by atoms with Crippen molar-refractivity contribution in [1.82, 2.24) is 0 Å². The number of hydrogen-bond acceptors (Lipinski definition) is 11. The van der Waals surface area contributed by atoms with Crippen LogP contribution < -0.4 is 10.5 Å². The summed E-state index contributed by atoms with van der Waals surface area (Å²) < 4.78 is 38.2. The third kappa shape index (κ3) is 6.26. The van der Waals surface area contributed by atoms with Gasteiger partial charge in [-0.05, 0) is 60.0 Å². The number of methoxy groups -OCH3 is 1. The van der Waals surface area contributed by atoms with Crippen molar-refractivity contribution in [3.8, 4) is 11.5 Å². The monoisotopic (exact) mass is 631 g/mol. The van der Waals surface area contributed by atoms with Gasteiger partial charge in [-0.2, -0.15) is 18.6 Å². The molecule has 12 nitrogen and oxygen atoms in total. The largest absolute Gasteiger partial charge is 0.505 e. The molecule has 0 bridgehead atoms. The number of azo groups is 3. The summed E-state index contributed by atoms with van der Waals surface area (Å²) in [4.78, 5) is -0.446. The first-order chi connectivity index (χ1) is 22.2. The molecule has 0 unspecified atom stereocenters. The van der Waals surface area contributed by atoms with Gasteiger partial charge in [0.25, 0.3) is 10.1 Å². The fourth-order valence-corrected chi connectivity index (χ4v) is 5.36. The number of phenols is 1. The normalized spacial score (nSPS) is 12.2. The minimum atomic E-state index is -4.53. The Kier molecular flexibility index (Phi) is 8.16. The maximum atomic E-state index is 11.6. The molecule has 0 fully saturated rings. The number of rotatable bonds is 8. The minimum absolute atomic E-state index is 0.137. The van der Waals surface area contributed by atoms with Crippen molar-refractivity contribution in [2.75, 3.05) is 12.8 Å². The first-order valence-corrected chi connectivity index (χ1v) is 15.2. The van der Waals surface area contributed by atoms with E-state index in [1.807, 2.05) is 54.6 Å². The zero-order valence-electron chi connectivity index (χ0n) is 24.2. The Balaban J connectivity index is 1.29. The molecule has 6 aromatic rings. The van der Waals surface area contributed by atoms with Crippen LogP contribution in [0.15, 0.2) is 145 Å². The molecule has 13 heteroatoms. The van der Waals surface area contributed by atoms with E-state index in [0.717, 1.165) is 16.5 Å². The second-order valence-electron chi connectivity index (χ2n) is 9.96. The number of benzene rings is 6. The average Bonchev–Trinajstić information content (AvgIpc) is 3.06. The van der Waals surface area contributed by atoms with Crippen LogP contribution in [0.3, 0.4) is 0 Å². The van der Waals surface area contributed by atoms with Crippen molar-refractivity contribution in [2.45, 2.75) is 4.90 Å². The highest BCUT2D eigenvalue weighted by atomic mass is 32.2. The Labute approximate surface area is 263 Å². The van der Waals surface area contributed by atoms with E-state index in [-0.39, 0.29) is 22.5 Å². The van der Waals surface area contributed by atoms with Crippen LogP contribution in [0.5, 0.6) is 11.5 Å². The number of ether oxygens (including phenoxy) is 1. The van der Waals surface area contributed by atoms with Crippen molar-refractivity contribution in [3.05, 3.63) is 109 Å². The summed E-state index contributed by atoms with van der Waals surface area (Å²) in [5.74, 6) is 0.236. The smallest absolute Gasteiger partial charge is 0.296 e. The Hall–Kier alpha value is -6.05. The predicted octanol–water partition coefficient (Wildman–Crippen LogP) is 9.78. The Morgan fingerprint density at radius 2 is 1.17 bits per heavy atom. The zero-order valence-corrected chi connectivity index (χ0v) is 25.0. The first-order valence-electron chi connectivity index (χ1n) is 13.7. The molecule has 228 valence electrons. The van der Waals surface area contributed by atoms with Gasteiger partial charge in [-0.25, -0.2) is 0 Å². The lowest BCUT2D eigenvalue weighted by molar-refractivity contribution is 0.416. The van der Waals surface area contributed by atoms with Gasteiger partial charge in [0.15, 0.2) is 5.75 Å². The van der Waals surface area contributed by atoms with Gasteiger partial charge in [0.05, 0.1) is 35.5 Å². The van der Waals surface area contributed by atoms with Crippen molar-refractivity contribution in [1.29, 1.82) is 0 Å². The second-order valence-corrected chi connectivity index (χ2v) is 11.4. The van der Waals surface area contributed by atoms with Gasteiger partial charge < -0.3 is 15.6 Å². The molecule has 0 aliphatic heterocycles. The minimum Gasteiger partial charge on any atom is -0.505 e. The third-order valence-corrected chi connectivity index (χ3v) is 7.90. The Morgan fingerprint density at radius 3 is 1.83 bits per heavy atom. The number of phenolic OH excluding ortho intramolecular Hbond substituents is 1. The maximum Gasteiger partial charge on any atom is 0.296 e. The average molecular weight is 632 g/mol. The standard InChI is InChI=1S/C33H25N7O5S/c1-45-31-18-22(36-35-21-7-3-2-4-8-21)12-14-29(31)39-37-27-15-16-28(24-10-6-5-9-23(24)27)38-40-30-13-11-20-17-32(46(42,43)44)26(34)19-25(20)33(30)41/h2-19,41H,34H2,1H3,(H,42,43,44). The SMILES string of the molecule is COc1cc(N=Nc2ccccc2)ccc1N=Nc1ccc(N=Nc2ccc3cc(S(=O)(=O)O)c(N)cc3c2O)c2ccccc12. The molecule has 0 aromatic heterocycles. The summed E-state index contributed by atoms with van der Waals surface area (Å²) in [6.45, 7) is 0. The van der Waals surface area contributed by atoms with E-state index < -0.39 is 15.0 Å². The third-order valence-electron chi connectivity index (χ3n) is 6.99. The number of nitrogens with zero attached hydrogens (tertiary/aromatic N) is 6. The molecule has 0 amide bonds. The molecule has 0 aliphatic rings. The molecule has 6 rings (SSSR count). The Bertz CT molecular complexity index is 2310. The van der Waals surface area contributed by atoms with Gasteiger partial charge in [0, 0.05) is 22.2 Å². The number of aromatic hydroxyl groups is 1. The number of nitrogen functional groups attached to an aromatic ring is 1. The molecule has 6 aromatic carbocycles. The van der Waals surface area contributed by atoms with Gasteiger partial charge in [-0.1, -0.05) is 48.5 Å². The van der Waals surface area contributed by atoms with Crippen LogP contribution in [0.1, 0.15) is 0 Å². The van der Waals surface area contributed by atoms with E-state index in [0.29, 0.717) is 33.9 Å². The molecule has 0 heterocycles. The lowest BCUT2D eigenvalue weighted by atomic mass is 10.1. The molecule has 4 N–H and O–H groups in total. The summed E-state index contributed by atoms with van der Waals surface area (Å²) >= 11 is 0. The van der Waals surface area contributed by atoms with Crippen molar-refractivity contribution < 1.29 is 22.8 Å². The summed E-state index contributed by atoms with van der Waals surface area (Å²) in [6, 6.07) is 31.1. The molecule has 0 saturated carbocycles. The van der Waals surface area contributed by atoms with Crippen LogP contribution in [-0.4, -0.2) is 25.2 Å². The summed E-state index contributed by atoms with van der Waals surface area (Å²) in [5, 5.41) is 39.0. The van der Waals surface area contributed by atoms with Crippen LogP contribution in [0.4, 0.5) is 39.8 Å². The molecule has 0 radical (unpaired) electrons. The highest BCUT2D eigenvalue weighted by Gasteiger charge is 2.17. The lowest BCUT2D eigenvalue weighted by Gasteiger charge is -2.08. The van der Waals surface area contributed by atoms with Crippen molar-refractivity contribution in [2.24, 2.45) is 30.7 Å². The molecule has 46 heavy (non-hydrogen) atoms. The first kappa shape index (κ1) is 30.0. The predicted molar refractivity (Wildman–Crippen MR) is 176 cm³/mol.